The van der Waals surface area contributed by atoms with Gasteiger partial charge in [0.1, 0.15) is 0 Å². The Balaban J connectivity index is 0.000000172. The third-order valence-corrected chi connectivity index (χ3v) is 15.4. The highest BCUT2D eigenvalue weighted by Crippen LogP contribution is 2.44. The minimum absolute atomic E-state index is 0.0529. The van der Waals surface area contributed by atoms with Crippen molar-refractivity contribution in [3.63, 3.8) is 0 Å². The fourth-order valence-electron chi connectivity index (χ4n) is 10.7. The van der Waals surface area contributed by atoms with Crippen molar-refractivity contribution in [2.45, 2.75) is 138 Å². The Morgan fingerprint density at radius 1 is 0.607 bits per heavy atom. The van der Waals surface area contributed by atoms with Gasteiger partial charge < -0.3 is 19.3 Å². The summed E-state index contributed by atoms with van der Waals surface area (Å²) in [5.74, 6) is 0.298. The van der Waals surface area contributed by atoms with Crippen LogP contribution in [0.2, 0.25) is 20.1 Å². The molecule has 4 aliphatic heterocycles. The number of rotatable bonds is 8. The van der Waals surface area contributed by atoms with Gasteiger partial charge in [-0.1, -0.05) is 58.5 Å². The molecule has 6 atom stereocenters. The summed E-state index contributed by atoms with van der Waals surface area (Å²) < 4.78 is 12.4. The molecule has 4 heterocycles. The predicted octanol–water partition coefficient (Wildman–Crippen LogP) is 9.12. The lowest BCUT2D eigenvalue weighted by Crippen LogP contribution is -2.58. The van der Waals surface area contributed by atoms with E-state index in [4.69, 9.17) is 55.9 Å². The molecule has 0 aromatic heterocycles. The van der Waals surface area contributed by atoms with E-state index in [0.717, 1.165) is 89.0 Å². The lowest BCUT2D eigenvalue weighted by molar-refractivity contribution is -0.137. The smallest absolute Gasteiger partial charge is 0.227 e. The van der Waals surface area contributed by atoms with Crippen LogP contribution in [0.5, 0.6) is 0 Å². The van der Waals surface area contributed by atoms with Crippen LogP contribution in [0.4, 0.5) is 0 Å². The number of likely N-dealkylation sites (N-methyl/N-ethyl adjacent to an activating group) is 2. The van der Waals surface area contributed by atoms with Crippen LogP contribution < -0.4 is 0 Å². The second-order valence-corrected chi connectivity index (χ2v) is 19.0. The van der Waals surface area contributed by atoms with E-state index in [1.807, 2.05) is 36.0 Å². The second kappa shape index (κ2) is 18.8. The van der Waals surface area contributed by atoms with E-state index in [1.165, 1.54) is 51.4 Å². The second-order valence-electron chi connectivity index (χ2n) is 17.4. The van der Waals surface area contributed by atoms with Gasteiger partial charge in [0.2, 0.25) is 11.8 Å². The molecule has 0 N–H and O–H groups in total. The monoisotopic (exact) mass is 848 g/mol. The fraction of sp³-hybridized carbons (Fsp3) is 0.682. The summed E-state index contributed by atoms with van der Waals surface area (Å²) in [4.78, 5) is 35.4. The Morgan fingerprint density at radius 3 is 1.34 bits per heavy atom. The quantitative estimate of drug-likeness (QED) is 0.264. The molecule has 6 fully saturated rings. The molecule has 4 saturated heterocycles. The van der Waals surface area contributed by atoms with Crippen LogP contribution in [-0.2, 0) is 31.9 Å². The number of nitrogens with zero attached hydrogens (tertiary/aromatic N) is 4. The highest BCUT2D eigenvalue weighted by atomic mass is 35.5. The molecule has 0 bridgehead atoms. The van der Waals surface area contributed by atoms with Gasteiger partial charge in [-0.15, -0.1) is 0 Å². The van der Waals surface area contributed by atoms with Crippen molar-refractivity contribution >= 4 is 58.2 Å². The highest BCUT2D eigenvalue weighted by Gasteiger charge is 2.49. The Morgan fingerprint density at radius 2 is 1.00 bits per heavy atom. The Kier molecular flexibility index (Phi) is 14.2. The van der Waals surface area contributed by atoms with Gasteiger partial charge in [0.25, 0.3) is 0 Å². The number of carbonyl (C=O) groups excluding carboxylic acids is 2. The molecule has 8 rings (SSSR count). The number of halogens is 4. The van der Waals surface area contributed by atoms with Crippen LogP contribution in [0.1, 0.15) is 101 Å². The molecule has 2 aliphatic carbocycles. The molecule has 2 amide bonds. The number of likely N-dealkylation sites (tertiary alicyclic amines) is 2. The van der Waals surface area contributed by atoms with Gasteiger partial charge >= 0.3 is 0 Å². The first-order valence-corrected chi connectivity index (χ1v) is 22.6. The minimum Gasteiger partial charge on any atom is -0.375 e. The third-order valence-electron chi connectivity index (χ3n) is 13.9. The molecule has 2 spiro atoms. The summed E-state index contributed by atoms with van der Waals surface area (Å²) in [7, 11) is 3.95. The van der Waals surface area contributed by atoms with Crippen molar-refractivity contribution in [3.8, 4) is 0 Å². The van der Waals surface area contributed by atoms with Crippen LogP contribution in [0, 0.1) is 0 Å². The zero-order valence-corrected chi connectivity index (χ0v) is 36.3. The van der Waals surface area contributed by atoms with Crippen LogP contribution in [0.25, 0.3) is 0 Å². The Bertz CT molecular complexity index is 1550. The zero-order chi connectivity index (χ0) is 39.5. The van der Waals surface area contributed by atoms with Crippen LogP contribution in [-0.4, -0.2) is 120 Å². The molecule has 0 radical (unpaired) electrons. The maximum atomic E-state index is 13.1. The SMILES string of the molecule is CN(C(=O)Cc1ccc(Cl)c(Cl)c1)[C@H]1CC[C@@]2(CCCO2)C[C@@H]1N1CCCC1.CN(C(=O)Cc1ccc(Cl)c(Cl)c1)[C@H]1CC[C@@]2(CCCO2)C[C@@H]1N1CCCC1. The molecule has 12 heteroatoms. The summed E-state index contributed by atoms with van der Waals surface area (Å²) in [6.07, 6.45) is 16.7. The van der Waals surface area contributed by atoms with E-state index in [0.29, 0.717) is 45.0 Å². The molecular formula is C44H60Cl4N4O4. The average molecular weight is 851 g/mol. The largest absolute Gasteiger partial charge is 0.375 e. The number of hydrogen-bond acceptors (Lipinski definition) is 6. The first-order valence-electron chi connectivity index (χ1n) is 21.1. The number of amides is 2. The molecule has 308 valence electrons. The standard InChI is InChI=1S/2C22H30Cl2N2O2/c2*1-25(21(27)14-16-5-6-17(23)18(24)13-16)19-7-9-22(8-4-12-28-22)15-20(19)26-10-2-3-11-26/h2*5-6,13,19-20H,2-4,7-12,14-15H2,1H3/t2*19-,20-,22-/m00/s1. The summed E-state index contributed by atoms with van der Waals surface area (Å²) >= 11 is 24.3. The van der Waals surface area contributed by atoms with Crippen LogP contribution in [0.3, 0.4) is 0 Å². The van der Waals surface area contributed by atoms with Gasteiger partial charge in [0.05, 0.1) is 44.1 Å². The summed E-state index contributed by atoms with van der Waals surface area (Å²) in [6, 6.07) is 12.2. The summed E-state index contributed by atoms with van der Waals surface area (Å²) in [5.41, 5.74) is 1.93. The predicted molar refractivity (Wildman–Crippen MR) is 226 cm³/mol. The van der Waals surface area contributed by atoms with Gasteiger partial charge in [-0.05, 0) is 151 Å². The zero-order valence-electron chi connectivity index (χ0n) is 33.3. The molecular weight excluding hydrogens is 790 g/mol. The van der Waals surface area contributed by atoms with Crippen molar-refractivity contribution in [1.82, 2.24) is 19.6 Å². The van der Waals surface area contributed by atoms with Crippen molar-refractivity contribution in [2.24, 2.45) is 0 Å². The molecule has 2 saturated carbocycles. The van der Waals surface area contributed by atoms with E-state index in [2.05, 4.69) is 9.80 Å². The number of ether oxygens (including phenoxy) is 2. The normalized spacial score (nSPS) is 30.8. The maximum Gasteiger partial charge on any atom is 0.227 e. The number of hydrogen-bond donors (Lipinski definition) is 0. The first-order chi connectivity index (χ1) is 26.9. The van der Waals surface area contributed by atoms with Gasteiger partial charge in [-0.25, -0.2) is 0 Å². The van der Waals surface area contributed by atoms with Gasteiger partial charge in [-0.2, -0.15) is 0 Å². The lowest BCUT2D eigenvalue weighted by atomic mass is 9.76. The van der Waals surface area contributed by atoms with Gasteiger partial charge in [0, 0.05) is 51.5 Å². The topological polar surface area (TPSA) is 65.6 Å². The molecule has 8 nitrogen and oxygen atoms in total. The van der Waals surface area contributed by atoms with E-state index >= 15 is 0 Å². The first kappa shape index (κ1) is 42.5. The minimum atomic E-state index is 0.0529. The van der Waals surface area contributed by atoms with Crippen LogP contribution in [0.15, 0.2) is 36.4 Å². The third kappa shape index (κ3) is 9.87. The van der Waals surface area contributed by atoms with Crippen molar-refractivity contribution < 1.29 is 19.1 Å². The highest BCUT2D eigenvalue weighted by molar-refractivity contribution is 6.42. The Labute approximate surface area is 354 Å². The van der Waals surface area contributed by atoms with E-state index in [-0.39, 0.29) is 35.1 Å². The van der Waals surface area contributed by atoms with Crippen molar-refractivity contribution in [2.75, 3.05) is 53.5 Å². The number of benzene rings is 2. The van der Waals surface area contributed by atoms with Crippen LogP contribution >= 0.6 is 46.4 Å². The lowest BCUT2D eigenvalue weighted by Gasteiger charge is -2.48. The fourth-order valence-corrected chi connectivity index (χ4v) is 11.4. The van der Waals surface area contributed by atoms with Gasteiger partial charge in [-0.3, -0.25) is 19.4 Å². The van der Waals surface area contributed by atoms with Crippen molar-refractivity contribution in [3.05, 3.63) is 67.6 Å². The molecule has 56 heavy (non-hydrogen) atoms. The van der Waals surface area contributed by atoms with Crippen molar-refractivity contribution in [1.29, 1.82) is 0 Å². The van der Waals surface area contributed by atoms with E-state index in [9.17, 15) is 9.59 Å². The number of carbonyl (C=O) groups is 2. The summed E-state index contributed by atoms with van der Waals surface area (Å²) in [6.45, 7) is 6.36. The Hall–Kier alpha value is -1.62. The average Bonchev–Trinajstić information content (AvgIpc) is 4.04. The van der Waals surface area contributed by atoms with E-state index < -0.39 is 0 Å². The molecule has 2 aromatic carbocycles. The van der Waals surface area contributed by atoms with E-state index in [1.54, 1.807) is 24.3 Å². The van der Waals surface area contributed by atoms with Gasteiger partial charge in [0.15, 0.2) is 0 Å². The molecule has 0 unspecified atom stereocenters. The summed E-state index contributed by atoms with van der Waals surface area (Å²) in [5, 5.41) is 2.05. The molecule has 2 aromatic rings. The maximum absolute atomic E-state index is 13.1. The molecule has 6 aliphatic rings.